The molecule has 0 aromatic heterocycles. The summed E-state index contributed by atoms with van der Waals surface area (Å²) >= 11 is 12.3. The van der Waals surface area contributed by atoms with Crippen LogP contribution >= 0.6 is 23.2 Å². The van der Waals surface area contributed by atoms with Gasteiger partial charge in [0.2, 0.25) is 15.9 Å². The molecule has 1 aromatic carbocycles. The van der Waals surface area contributed by atoms with E-state index in [1.807, 2.05) is 0 Å². The van der Waals surface area contributed by atoms with Crippen molar-refractivity contribution in [2.45, 2.75) is 122 Å². The van der Waals surface area contributed by atoms with Crippen molar-refractivity contribution in [3.8, 4) is 0 Å². The van der Waals surface area contributed by atoms with Crippen LogP contribution in [0.3, 0.4) is 0 Å². The van der Waals surface area contributed by atoms with E-state index >= 15 is 0 Å². The summed E-state index contributed by atoms with van der Waals surface area (Å²) in [6, 6.07) is 8.62. The number of carbonyl (C=O) groups is 2. The first-order chi connectivity index (χ1) is 19.6. The maximum atomic E-state index is 13.1. The highest BCUT2D eigenvalue weighted by atomic mass is 35.5. The Hall–Kier alpha value is -1.15. The lowest BCUT2D eigenvalue weighted by molar-refractivity contribution is -0.129. The molecular formula is C32H54Cl2N2O4S. The molecule has 2 atom stereocenters. The molecule has 236 valence electrons. The van der Waals surface area contributed by atoms with Crippen molar-refractivity contribution >= 4 is 50.6 Å². The molecule has 2 unspecified atom stereocenters. The summed E-state index contributed by atoms with van der Waals surface area (Å²) in [5.74, 6) is -2.18. The number of amides is 1. The minimum Gasteiger partial charge on any atom is -0.324 e. The largest absolute Gasteiger partial charge is 0.324 e. The minimum absolute atomic E-state index is 0.264. The predicted octanol–water partition coefficient (Wildman–Crippen LogP) is 8.57. The Morgan fingerprint density at radius 2 is 1.27 bits per heavy atom. The third-order valence-electron chi connectivity index (χ3n) is 7.69. The number of para-hydroxylation sites is 1. The van der Waals surface area contributed by atoms with Gasteiger partial charge in [0.05, 0.1) is 11.2 Å². The Morgan fingerprint density at radius 3 is 1.71 bits per heavy atom. The molecule has 0 aliphatic heterocycles. The lowest BCUT2D eigenvalue weighted by atomic mass is 9.88. The monoisotopic (exact) mass is 632 g/mol. The lowest BCUT2D eigenvalue weighted by Gasteiger charge is -2.29. The number of nitrogens with one attached hydrogen (secondary N) is 1. The van der Waals surface area contributed by atoms with Crippen LogP contribution in [-0.2, 0) is 19.6 Å². The number of rotatable bonds is 25. The van der Waals surface area contributed by atoms with Gasteiger partial charge in [-0.25, -0.2) is 12.7 Å². The normalized spacial score (nSPS) is 14.1. The Kier molecular flexibility index (Phi) is 19.9. The Morgan fingerprint density at radius 1 is 0.829 bits per heavy atom. The van der Waals surface area contributed by atoms with Crippen LogP contribution in [0, 0.1) is 5.41 Å². The summed E-state index contributed by atoms with van der Waals surface area (Å²) in [5, 5.41) is 1.03. The molecular weight excluding hydrogens is 579 g/mol. The van der Waals surface area contributed by atoms with Gasteiger partial charge in [-0.05, 0) is 18.6 Å². The highest BCUT2D eigenvalue weighted by Crippen LogP contribution is 2.28. The minimum atomic E-state index is -3.78. The van der Waals surface area contributed by atoms with Gasteiger partial charge in [-0.1, -0.05) is 128 Å². The van der Waals surface area contributed by atoms with Crippen molar-refractivity contribution in [3.05, 3.63) is 30.3 Å². The van der Waals surface area contributed by atoms with Crippen molar-refractivity contribution in [2.75, 3.05) is 30.5 Å². The van der Waals surface area contributed by atoms with Gasteiger partial charge < -0.3 is 5.32 Å². The van der Waals surface area contributed by atoms with Gasteiger partial charge >= 0.3 is 0 Å². The van der Waals surface area contributed by atoms with Crippen LogP contribution in [0.5, 0.6) is 0 Å². The third kappa shape index (κ3) is 15.8. The molecule has 1 N–H and O–H groups in total. The molecule has 1 rings (SSSR count). The zero-order valence-electron chi connectivity index (χ0n) is 25.6. The second-order valence-corrected chi connectivity index (χ2v) is 14.4. The summed E-state index contributed by atoms with van der Waals surface area (Å²) in [7, 11) is -2.25. The Balaban J connectivity index is 2.28. The van der Waals surface area contributed by atoms with E-state index < -0.39 is 38.3 Å². The highest BCUT2D eigenvalue weighted by molar-refractivity contribution is 7.89. The maximum Gasteiger partial charge on any atom is 0.250 e. The van der Waals surface area contributed by atoms with Crippen molar-refractivity contribution < 1.29 is 18.0 Å². The van der Waals surface area contributed by atoms with Gasteiger partial charge in [-0.2, -0.15) is 0 Å². The van der Waals surface area contributed by atoms with Gasteiger partial charge in [0.15, 0.2) is 11.2 Å². The third-order valence-corrected chi connectivity index (χ3v) is 10.8. The van der Waals surface area contributed by atoms with Gasteiger partial charge in [0.1, 0.15) is 0 Å². The molecule has 0 saturated carbocycles. The number of hydrogen-bond donors (Lipinski definition) is 1. The van der Waals surface area contributed by atoms with Crippen LogP contribution in [0.15, 0.2) is 30.3 Å². The lowest BCUT2D eigenvalue weighted by Crippen LogP contribution is -2.47. The van der Waals surface area contributed by atoms with Crippen LogP contribution in [0.4, 0.5) is 5.69 Å². The van der Waals surface area contributed by atoms with E-state index in [9.17, 15) is 18.0 Å². The zero-order valence-corrected chi connectivity index (χ0v) is 28.0. The SMILES string of the molecule is CCCCCCCCCCCCCCCCCCN(C)S(=O)(=O)CC(C)(CCl)C(=O)C(Cl)C(=O)Nc1ccccc1. The number of unbranched alkanes of at least 4 members (excludes halogenated alkanes) is 15. The fourth-order valence-electron chi connectivity index (χ4n) is 4.86. The average molecular weight is 634 g/mol. The number of nitrogens with zero attached hydrogens (tertiary/aromatic N) is 1. The number of hydrogen-bond acceptors (Lipinski definition) is 4. The fraction of sp³-hybridized carbons (Fsp3) is 0.750. The zero-order chi connectivity index (χ0) is 30.6. The molecule has 41 heavy (non-hydrogen) atoms. The summed E-state index contributed by atoms with van der Waals surface area (Å²) in [6.07, 6.45) is 20.1. The Labute approximate surface area is 260 Å². The summed E-state index contributed by atoms with van der Waals surface area (Å²) in [5.41, 5.74) is -1.00. The standard InChI is InChI=1S/C32H54Cl2N2O4S/c1-4-5-6-7-8-9-10-11-12-13-14-15-16-17-18-22-25-36(3)41(39,40)27-32(2,26-33)30(37)29(34)31(38)35-28-23-20-19-21-24-28/h19-21,23-24,29H,4-18,22,25-27H2,1-3H3,(H,35,38). The van der Waals surface area contributed by atoms with Crippen LogP contribution in [0.2, 0.25) is 0 Å². The van der Waals surface area contributed by atoms with E-state index in [0.717, 1.165) is 19.3 Å². The van der Waals surface area contributed by atoms with Crippen molar-refractivity contribution in [2.24, 2.45) is 5.41 Å². The first-order valence-electron chi connectivity index (χ1n) is 15.6. The van der Waals surface area contributed by atoms with Crippen LogP contribution in [0.25, 0.3) is 0 Å². The second kappa shape index (κ2) is 21.5. The Bertz CT molecular complexity index is 962. The quantitative estimate of drug-likeness (QED) is 0.0664. The van der Waals surface area contributed by atoms with Gasteiger partial charge in [-0.15, -0.1) is 23.2 Å². The van der Waals surface area contributed by atoms with Gasteiger partial charge in [-0.3, -0.25) is 9.59 Å². The molecule has 0 bridgehead atoms. The number of ketones is 1. The average Bonchev–Trinajstić information content (AvgIpc) is 2.96. The topological polar surface area (TPSA) is 83.6 Å². The molecule has 0 heterocycles. The van der Waals surface area contributed by atoms with Gasteiger partial charge in [0, 0.05) is 25.2 Å². The smallest absolute Gasteiger partial charge is 0.250 e. The molecule has 0 spiro atoms. The first kappa shape index (κ1) is 37.9. The molecule has 1 aromatic rings. The van der Waals surface area contributed by atoms with E-state index in [1.165, 1.54) is 102 Å². The number of carbonyl (C=O) groups excluding carboxylic acids is 2. The summed E-state index contributed by atoms with van der Waals surface area (Å²) in [6.45, 7) is 4.09. The predicted molar refractivity (Wildman–Crippen MR) is 175 cm³/mol. The molecule has 0 saturated heterocycles. The molecule has 0 aliphatic carbocycles. The van der Waals surface area contributed by atoms with Crippen LogP contribution in [-0.4, -0.2) is 55.0 Å². The molecule has 6 nitrogen and oxygen atoms in total. The number of Topliss-reactive ketones (excluding diaryl/α,β-unsaturated/α-hetero) is 1. The molecule has 0 radical (unpaired) electrons. The number of benzene rings is 1. The van der Waals surface area contributed by atoms with E-state index in [4.69, 9.17) is 23.2 Å². The fourth-order valence-corrected chi connectivity index (χ4v) is 7.20. The van der Waals surface area contributed by atoms with Gasteiger partial charge in [0.25, 0.3) is 0 Å². The second-order valence-electron chi connectivity index (χ2n) is 11.7. The van der Waals surface area contributed by atoms with Crippen molar-refractivity contribution in [1.82, 2.24) is 4.31 Å². The van der Waals surface area contributed by atoms with Crippen LogP contribution in [0.1, 0.15) is 117 Å². The van der Waals surface area contributed by atoms with E-state index in [2.05, 4.69) is 12.2 Å². The molecule has 0 fully saturated rings. The first-order valence-corrected chi connectivity index (χ1v) is 18.2. The number of halogens is 2. The highest BCUT2D eigenvalue weighted by Gasteiger charge is 2.43. The van der Waals surface area contributed by atoms with Crippen molar-refractivity contribution in [1.29, 1.82) is 0 Å². The van der Waals surface area contributed by atoms with Crippen LogP contribution < -0.4 is 5.32 Å². The van der Waals surface area contributed by atoms with Crippen molar-refractivity contribution in [3.63, 3.8) is 0 Å². The molecule has 0 aliphatic rings. The van der Waals surface area contributed by atoms with E-state index in [1.54, 1.807) is 30.3 Å². The maximum absolute atomic E-state index is 13.1. The molecule has 1 amide bonds. The molecule has 9 heteroatoms. The van der Waals surface area contributed by atoms with E-state index in [0.29, 0.717) is 12.2 Å². The number of alkyl halides is 2. The summed E-state index contributed by atoms with van der Waals surface area (Å²) < 4.78 is 27.4. The summed E-state index contributed by atoms with van der Waals surface area (Å²) in [4.78, 5) is 25.6. The number of anilines is 1. The van der Waals surface area contributed by atoms with E-state index in [-0.39, 0.29) is 5.88 Å². The number of sulfonamides is 1.